The molecule has 90 valence electrons. The molecule has 0 saturated carbocycles. The third kappa shape index (κ3) is 2.05. The Morgan fingerprint density at radius 2 is 1.83 bits per heavy atom. The highest BCUT2D eigenvalue weighted by Gasteiger charge is 2.06. The van der Waals surface area contributed by atoms with E-state index >= 15 is 0 Å². The Bertz CT molecular complexity index is 661. The van der Waals surface area contributed by atoms with Crippen LogP contribution in [-0.4, -0.2) is 0 Å². The molecule has 0 aliphatic heterocycles. The van der Waals surface area contributed by atoms with Gasteiger partial charge >= 0.3 is 0 Å². The molecular formula is C15H13NOS. The quantitative estimate of drug-likeness (QED) is 0.716. The zero-order valence-corrected chi connectivity index (χ0v) is 10.6. The van der Waals surface area contributed by atoms with Crippen LogP contribution in [0.5, 0.6) is 5.75 Å². The van der Waals surface area contributed by atoms with Gasteiger partial charge in [-0.05, 0) is 23.6 Å². The molecule has 0 aliphatic rings. The number of hydrogen-bond donors (Lipinski definition) is 1. The molecule has 0 atom stereocenters. The van der Waals surface area contributed by atoms with Crippen LogP contribution >= 0.6 is 11.3 Å². The van der Waals surface area contributed by atoms with Crippen molar-refractivity contribution in [2.75, 3.05) is 5.73 Å². The molecule has 0 spiro atoms. The van der Waals surface area contributed by atoms with Crippen molar-refractivity contribution in [3.63, 3.8) is 0 Å². The fraction of sp³-hybridized carbons (Fsp3) is 0.0667. The maximum absolute atomic E-state index is 5.95. The first-order valence-corrected chi connectivity index (χ1v) is 6.65. The maximum atomic E-state index is 5.95. The van der Waals surface area contributed by atoms with E-state index in [2.05, 4.69) is 11.4 Å². The van der Waals surface area contributed by atoms with Crippen LogP contribution < -0.4 is 10.5 Å². The van der Waals surface area contributed by atoms with Crippen molar-refractivity contribution in [1.29, 1.82) is 0 Å². The zero-order valence-electron chi connectivity index (χ0n) is 9.80. The normalized spacial score (nSPS) is 10.7. The second-order valence-corrected chi connectivity index (χ2v) is 4.97. The van der Waals surface area contributed by atoms with Gasteiger partial charge < -0.3 is 10.5 Å². The number of para-hydroxylation sites is 1. The Morgan fingerprint density at radius 1 is 1.00 bits per heavy atom. The number of nitrogens with two attached hydrogens (primary N) is 1. The van der Waals surface area contributed by atoms with Gasteiger partial charge in [-0.25, -0.2) is 0 Å². The lowest BCUT2D eigenvalue weighted by molar-refractivity contribution is 0.308. The SMILES string of the molecule is Nc1cccc2c(COc3ccccc3)csc12. The molecule has 0 aliphatic carbocycles. The number of benzene rings is 2. The molecular weight excluding hydrogens is 242 g/mol. The molecule has 0 bridgehead atoms. The van der Waals surface area contributed by atoms with Crippen LogP contribution in [0, 0.1) is 0 Å². The molecule has 2 aromatic carbocycles. The molecule has 0 amide bonds. The topological polar surface area (TPSA) is 35.2 Å². The van der Waals surface area contributed by atoms with E-state index in [1.165, 1.54) is 10.9 Å². The summed E-state index contributed by atoms with van der Waals surface area (Å²) in [5, 5.41) is 3.31. The first kappa shape index (κ1) is 11.1. The van der Waals surface area contributed by atoms with E-state index in [0.717, 1.165) is 16.1 Å². The van der Waals surface area contributed by atoms with E-state index in [1.54, 1.807) is 11.3 Å². The van der Waals surface area contributed by atoms with Gasteiger partial charge in [0.2, 0.25) is 0 Å². The Kier molecular flexibility index (Phi) is 2.90. The Labute approximate surface area is 110 Å². The average Bonchev–Trinajstić information content (AvgIpc) is 2.82. The van der Waals surface area contributed by atoms with Crippen LogP contribution in [0.4, 0.5) is 5.69 Å². The van der Waals surface area contributed by atoms with Crippen LogP contribution in [-0.2, 0) is 6.61 Å². The van der Waals surface area contributed by atoms with Crippen LogP contribution in [0.1, 0.15) is 5.56 Å². The first-order chi connectivity index (χ1) is 8.84. The summed E-state index contributed by atoms with van der Waals surface area (Å²) in [6, 6.07) is 15.8. The number of fused-ring (bicyclic) bond motifs is 1. The molecule has 0 saturated heterocycles. The molecule has 1 aromatic heterocycles. The minimum absolute atomic E-state index is 0.577. The van der Waals surface area contributed by atoms with Gasteiger partial charge in [0.05, 0.1) is 4.70 Å². The van der Waals surface area contributed by atoms with Crippen molar-refractivity contribution in [1.82, 2.24) is 0 Å². The lowest BCUT2D eigenvalue weighted by Gasteiger charge is -2.05. The summed E-state index contributed by atoms with van der Waals surface area (Å²) in [5.41, 5.74) is 7.97. The van der Waals surface area contributed by atoms with E-state index in [9.17, 15) is 0 Å². The molecule has 1 heterocycles. The number of hydrogen-bond acceptors (Lipinski definition) is 3. The summed E-state index contributed by atoms with van der Waals surface area (Å²) in [6.45, 7) is 0.577. The molecule has 3 rings (SSSR count). The van der Waals surface area contributed by atoms with E-state index < -0.39 is 0 Å². The summed E-state index contributed by atoms with van der Waals surface area (Å²) < 4.78 is 6.91. The van der Waals surface area contributed by atoms with Gasteiger partial charge in [0.25, 0.3) is 0 Å². The second kappa shape index (κ2) is 4.70. The molecule has 0 fully saturated rings. The Morgan fingerprint density at radius 3 is 2.67 bits per heavy atom. The summed E-state index contributed by atoms with van der Waals surface area (Å²) in [4.78, 5) is 0. The highest BCUT2D eigenvalue weighted by atomic mass is 32.1. The lowest BCUT2D eigenvalue weighted by Crippen LogP contribution is -1.94. The van der Waals surface area contributed by atoms with Crippen LogP contribution in [0.15, 0.2) is 53.9 Å². The molecule has 3 aromatic rings. The van der Waals surface area contributed by atoms with Gasteiger partial charge in [-0.15, -0.1) is 11.3 Å². The third-order valence-corrected chi connectivity index (χ3v) is 3.94. The number of ether oxygens (including phenoxy) is 1. The predicted octanol–water partition coefficient (Wildman–Crippen LogP) is 4.06. The van der Waals surface area contributed by atoms with Crippen molar-refractivity contribution in [3.8, 4) is 5.75 Å². The standard InChI is InChI=1S/C15H13NOS/c16-14-8-4-7-13-11(10-18-15(13)14)9-17-12-5-2-1-3-6-12/h1-8,10H,9,16H2. The van der Waals surface area contributed by atoms with E-state index in [4.69, 9.17) is 10.5 Å². The molecule has 2 N–H and O–H groups in total. The average molecular weight is 255 g/mol. The van der Waals surface area contributed by atoms with Gasteiger partial charge in [-0.3, -0.25) is 0 Å². The van der Waals surface area contributed by atoms with Gasteiger partial charge in [-0.1, -0.05) is 30.3 Å². The molecule has 0 radical (unpaired) electrons. The van der Waals surface area contributed by atoms with Crippen molar-refractivity contribution in [3.05, 3.63) is 59.5 Å². The van der Waals surface area contributed by atoms with Crippen molar-refractivity contribution >= 4 is 27.1 Å². The molecule has 3 heteroatoms. The van der Waals surface area contributed by atoms with Crippen molar-refractivity contribution in [2.45, 2.75) is 6.61 Å². The zero-order chi connectivity index (χ0) is 12.4. The van der Waals surface area contributed by atoms with Gasteiger partial charge in [0, 0.05) is 16.6 Å². The third-order valence-electron chi connectivity index (χ3n) is 2.85. The summed E-state index contributed by atoms with van der Waals surface area (Å²) in [7, 11) is 0. The second-order valence-electron chi connectivity index (χ2n) is 4.09. The summed E-state index contributed by atoms with van der Waals surface area (Å²) in [6.07, 6.45) is 0. The fourth-order valence-corrected chi connectivity index (χ4v) is 2.91. The summed E-state index contributed by atoms with van der Waals surface area (Å²) >= 11 is 1.67. The Hall–Kier alpha value is -2.00. The van der Waals surface area contributed by atoms with Gasteiger partial charge in [0.1, 0.15) is 12.4 Å². The number of thiophene rings is 1. The first-order valence-electron chi connectivity index (χ1n) is 5.77. The number of rotatable bonds is 3. The molecule has 2 nitrogen and oxygen atoms in total. The van der Waals surface area contributed by atoms with Crippen LogP contribution in [0.2, 0.25) is 0 Å². The molecule has 0 unspecified atom stereocenters. The number of nitrogen functional groups attached to an aromatic ring is 1. The van der Waals surface area contributed by atoms with E-state index in [1.807, 2.05) is 42.5 Å². The summed E-state index contributed by atoms with van der Waals surface area (Å²) in [5.74, 6) is 0.890. The van der Waals surface area contributed by atoms with Crippen molar-refractivity contribution in [2.24, 2.45) is 0 Å². The van der Waals surface area contributed by atoms with Gasteiger partial charge in [0.15, 0.2) is 0 Å². The smallest absolute Gasteiger partial charge is 0.119 e. The lowest BCUT2D eigenvalue weighted by atomic mass is 10.2. The van der Waals surface area contributed by atoms with Crippen LogP contribution in [0.25, 0.3) is 10.1 Å². The highest BCUT2D eigenvalue weighted by molar-refractivity contribution is 7.18. The van der Waals surface area contributed by atoms with E-state index in [0.29, 0.717) is 6.61 Å². The fourth-order valence-electron chi connectivity index (χ4n) is 1.92. The maximum Gasteiger partial charge on any atom is 0.119 e. The van der Waals surface area contributed by atoms with Gasteiger partial charge in [-0.2, -0.15) is 0 Å². The number of anilines is 1. The Balaban J connectivity index is 1.85. The van der Waals surface area contributed by atoms with Crippen molar-refractivity contribution < 1.29 is 4.74 Å². The largest absolute Gasteiger partial charge is 0.489 e. The monoisotopic (exact) mass is 255 g/mol. The predicted molar refractivity (Wildman–Crippen MR) is 77.0 cm³/mol. The van der Waals surface area contributed by atoms with E-state index in [-0.39, 0.29) is 0 Å². The minimum Gasteiger partial charge on any atom is -0.489 e. The van der Waals surface area contributed by atoms with Crippen LogP contribution in [0.3, 0.4) is 0 Å². The highest BCUT2D eigenvalue weighted by Crippen LogP contribution is 2.31. The minimum atomic E-state index is 0.577. The molecule has 18 heavy (non-hydrogen) atoms.